The van der Waals surface area contributed by atoms with E-state index in [1.54, 1.807) is 6.07 Å². The largest absolute Gasteiger partial charge is 0.508 e. The number of aromatic hydroxyl groups is 1. The number of hydrogen-bond acceptors (Lipinski definition) is 3. The molecule has 0 spiro atoms. The molecule has 25 heavy (non-hydrogen) atoms. The average molecular weight is 406 g/mol. The molecule has 2 aromatic carbocycles. The number of rotatable bonds is 3. The van der Waals surface area contributed by atoms with Crippen LogP contribution in [0.3, 0.4) is 0 Å². The molecule has 0 amide bonds. The van der Waals surface area contributed by atoms with Crippen LogP contribution < -0.4 is 0 Å². The minimum atomic E-state index is 0. The van der Waals surface area contributed by atoms with Gasteiger partial charge in [0.1, 0.15) is 11.3 Å². The summed E-state index contributed by atoms with van der Waals surface area (Å²) >= 11 is 0. The van der Waals surface area contributed by atoms with E-state index in [0.717, 1.165) is 25.2 Å². The number of fused-ring (bicyclic) bond motifs is 1. The van der Waals surface area contributed by atoms with Crippen molar-refractivity contribution >= 4 is 28.0 Å². The number of benzene rings is 2. The minimum absolute atomic E-state index is 0. The maximum atomic E-state index is 9.71. The van der Waals surface area contributed by atoms with Gasteiger partial charge in [-0.25, -0.2) is 0 Å². The molecule has 1 aliphatic heterocycles. The fourth-order valence-electron chi connectivity index (χ4n) is 3.65. The van der Waals surface area contributed by atoms with Crippen molar-refractivity contribution in [1.82, 2.24) is 4.90 Å². The zero-order valence-electron chi connectivity index (χ0n) is 14.0. The van der Waals surface area contributed by atoms with Crippen LogP contribution in [-0.2, 0) is 6.54 Å². The van der Waals surface area contributed by atoms with E-state index >= 15 is 0 Å². The lowest BCUT2D eigenvalue weighted by Crippen LogP contribution is -2.33. The Hall–Kier alpha value is -1.82. The van der Waals surface area contributed by atoms with Gasteiger partial charge >= 0.3 is 0 Å². The second-order valence-corrected chi connectivity index (χ2v) is 6.43. The van der Waals surface area contributed by atoms with E-state index in [2.05, 4.69) is 23.1 Å². The highest BCUT2D eigenvalue weighted by atomic mass is 79.9. The third-order valence-electron chi connectivity index (χ3n) is 4.80. The fourth-order valence-corrected chi connectivity index (χ4v) is 3.65. The van der Waals surface area contributed by atoms with Crippen LogP contribution in [0.2, 0.25) is 0 Å². The third-order valence-corrected chi connectivity index (χ3v) is 4.80. The normalized spacial score (nSPS) is 17.7. The topological polar surface area (TPSA) is 68.1 Å². The highest BCUT2D eigenvalue weighted by Gasteiger charge is 2.22. The van der Waals surface area contributed by atoms with E-state index in [4.69, 9.17) is 4.42 Å². The van der Waals surface area contributed by atoms with Crippen LogP contribution in [0.1, 0.15) is 29.9 Å². The van der Waals surface area contributed by atoms with E-state index in [1.807, 2.05) is 30.5 Å². The summed E-state index contributed by atoms with van der Waals surface area (Å²) in [5.41, 5.74) is 3.47. The Bertz CT molecular complexity index is 817. The summed E-state index contributed by atoms with van der Waals surface area (Å²) in [4.78, 5) is 2.50. The van der Waals surface area contributed by atoms with Crippen LogP contribution in [0.15, 0.2) is 59.2 Å². The van der Waals surface area contributed by atoms with Gasteiger partial charge in [-0.3, -0.25) is 4.90 Å². The van der Waals surface area contributed by atoms with Crippen molar-refractivity contribution in [3.05, 3.63) is 65.9 Å². The zero-order chi connectivity index (χ0) is 15.6. The Kier molecular flexibility index (Phi) is 6.64. The summed E-state index contributed by atoms with van der Waals surface area (Å²) in [6, 6.07) is 15.9. The number of halogens is 1. The fraction of sp³-hybridized carbons (Fsp3) is 0.300. The van der Waals surface area contributed by atoms with Gasteiger partial charge in [0.2, 0.25) is 0 Å². The van der Waals surface area contributed by atoms with Crippen molar-refractivity contribution in [2.24, 2.45) is 0 Å². The maximum absolute atomic E-state index is 9.71. The number of phenolic OH excluding ortho intramolecular Hbond substituents is 1. The van der Waals surface area contributed by atoms with E-state index in [1.165, 1.54) is 29.4 Å². The van der Waals surface area contributed by atoms with Crippen molar-refractivity contribution in [2.45, 2.75) is 25.3 Å². The molecule has 3 N–H and O–H groups in total. The first-order chi connectivity index (χ1) is 11.3. The van der Waals surface area contributed by atoms with Gasteiger partial charge < -0.3 is 15.0 Å². The standard InChI is InChI=1S/C20H21NO2.BrH.H2O/c22-18-7-3-5-15(11-18)16-6-4-10-21(12-16)13-17-14-23-20-9-2-1-8-19(17)20;;/h1-3,5,7-9,11,14,16,22H,4,6,10,12-13H2;1H;1H2. The molecule has 1 fully saturated rings. The third kappa shape index (κ3) is 4.24. The lowest BCUT2D eigenvalue weighted by Gasteiger charge is -2.32. The van der Waals surface area contributed by atoms with Crippen molar-refractivity contribution in [2.75, 3.05) is 13.1 Å². The first-order valence-electron chi connectivity index (χ1n) is 8.26. The van der Waals surface area contributed by atoms with Crippen molar-refractivity contribution in [3.8, 4) is 5.75 Å². The number of phenols is 1. The smallest absolute Gasteiger partial charge is 0.134 e. The Morgan fingerprint density at radius 3 is 2.80 bits per heavy atom. The van der Waals surface area contributed by atoms with E-state index < -0.39 is 0 Å². The summed E-state index contributed by atoms with van der Waals surface area (Å²) in [7, 11) is 0. The predicted octanol–water partition coefficient (Wildman–Crippen LogP) is 4.27. The van der Waals surface area contributed by atoms with Gasteiger partial charge in [-0.1, -0.05) is 30.3 Å². The molecule has 1 unspecified atom stereocenters. The van der Waals surface area contributed by atoms with Crippen LogP contribution in [0, 0.1) is 0 Å². The lowest BCUT2D eigenvalue weighted by molar-refractivity contribution is 0.200. The number of nitrogens with zero attached hydrogens (tertiary/aromatic N) is 1. The number of hydrogen-bond donors (Lipinski definition) is 1. The van der Waals surface area contributed by atoms with E-state index in [0.29, 0.717) is 11.7 Å². The molecule has 3 aromatic rings. The molecular formula is C20H24BrNO3. The molecule has 4 rings (SSSR count). The summed E-state index contributed by atoms with van der Waals surface area (Å²) in [5.74, 6) is 0.856. The molecule has 1 aliphatic rings. The van der Waals surface area contributed by atoms with Crippen molar-refractivity contribution in [3.63, 3.8) is 0 Å². The monoisotopic (exact) mass is 405 g/mol. The quantitative estimate of drug-likeness (QED) is 0.706. The van der Waals surface area contributed by atoms with Crippen LogP contribution in [0.5, 0.6) is 5.75 Å². The van der Waals surface area contributed by atoms with Gasteiger partial charge in [0, 0.05) is 24.0 Å². The Morgan fingerprint density at radius 2 is 1.96 bits per heavy atom. The highest BCUT2D eigenvalue weighted by molar-refractivity contribution is 8.93. The van der Waals surface area contributed by atoms with E-state index in [-0.39, 0.29) is 22.5 Å². The molecule has 1 saturated heterocycles. The molecule has 0 aliphatic carbocycles. The number of para-hydroxylation sites is 1. The molecule has 0 bridgehead atoms. The first kappa shape index (κ1) is 19.5. The van der Waals surface area contributed by atoms with Crippen LogP contribution >= 0.6 is 17.0 Å². The van der Waals surface area contributed by atoms with Crippen LogP contribution in [-0.4, -0.2) is 28.6 Å². The highest BCUT2D eigenvalue weighted by Crippen LogP contribution is 2.30. The van der Waals surface area contributed by atoms with E-state index in [9.17, 15) is 5.11 Å². The summed E-state index contributed by atoms with van der Waals surface area (Å²) in [5, 5.41) is 10.9. The number of likely N-dealkylation sites (tertiary alicyclic amines) is 1. The van der Waals surface area contributed by atoms with Gasteiger partial charge in [-0.05, 0) is 49.1 Å². The lowest BCUT2D eigenvalue weighted by atomic mass is 9.90. The summed E-state index contributed by atoms with van der Waals surface area (Å²) in [6.45, 7) is 3.07. The van der Waals surface area contributed by atoms with Gasteiger partial charge in [0.15, 0.2) is 0 Å². The SMILES string of the molecule is Br.O.Oc1cccc(C2CCCN(Cc3coc4ccccc34)C2)c1. The number of furan rings is 1. The predicted molar refractivity (Wildman–Crippen MR) is 106 cm³/mol. The Labute approximate surface area is 158 Å². The molecule has 1 atom stereocenters. The molecule has 2 heterocycles. The second-order valence-electron chi connectivity index (χ2n) is 6.43. The van der Waals surface area contributed by atoms with Crippen molar-refractivity contribution < 1.29 is 15.0 Å². The average Bonchev–Trinajstić information content (AvgIpc) is 2.98. The molecule has 134 valence electrons. The zero-order valence-corrected chi connectivity index (χ0v) is 15.7. The second kappa shape index (κ2) is 8.52. The Morgan fingerprint density at radius 1 is 1.12 bits per heavy atom. The van der Waals surface area contributed by atoms with Gasteiger partial charge in [-0.2, -0.15) is 0 Å². The van der Waals surface area contributed by atoms with Gasteiger partial charge in [0.05, 0.1) is 6.26 Å². The molecular weight excluding hydrogens is 382 g/mol. The molecule has 0 saturated carbocycles. The molecule has 0 radical (unpaired) electrons. The van der Waals surface area contributed by atoms with Gasteiger partial charge in [-0.15, -0.1) is 17.0 Å². The Balaban J connectivity index is 0.00000113. The molecule has 5 heteroatoms. The first-order valence-corrected chi connectivity index (χ1v) is 8.26. The maximum Gasteiger partial charge on any atom is 0.134 e. The van der Waals surface area contributed by atoms with Crippen LogP contribution in [0.25, 0.3) is 11.0 Å². The van der Waals surface area contributed by atoms with Crippen LogP contribution in [0.4, 0.5) is 0 Å². The number of piperidine rings is 1. The minimum Gasteiger partial charge on any atom is -0.508 e. The molecule has 4 nitrogen and oxygen atoms in total. The summed E-state index contributed by atoms with van der Waals surface area (Å²) in [6.07, 6.45) is 4.27. The summed E-state index contributed by atoms with van der Waals surface area (Å²) < 4.78 is 5.66. The van der Waals surface area contributed by atoms with Crippen molar-refractivity contribution in [1.29, 1.82) is 0 Å². The van der Waals surface area contributed by atoms with Gasteiger partial charge in [0.25, 0.3) is 0 Å². The molecule has 1 aromatic heterocycles.